The van der Waals surface area contributed by atoms with E-state index in [1.807, 2.05) is 12.1 Å². The molecule has 96 valence electrons. The largest absolute Gasteiger partial charge is 0.478 e. The van der Waals surface area contributed by atoms with E-state index in [9.17, 15) is 4.79 Å². The van der Waals surface area contributed by atoms with Gasteiger partial charge < -0.3 is 15.3 Å². The molecule has 0 aliphatic carbocycles. The zero-order valence-electron chi connectivity index (χ0n) is 9.79. The smallest absolute Gasteiger partial charge is 0.335 e. The number of aromatic nitrogens is 1. The van der Waals surface area contributed by atoms with E-state index in [-0.39, 0.29) is 5.56 Å². The van der Waals surface area contributed by atoms with Gasteiger partial charge in [0, 0.05) is 11.4 Å². The zero-order chi connectivity index (χ0) is 13.4. The minimum Gasteiger partial charge on any atom is -0.478 e. The van der Waals surface area contributed by atoms with Gasteiger partial charge in [-0.3, -0.25) is 0 Å². The van der Waals surface area contributed by atoms with Crippen LogP contribution in [0.1, 0.15) is 15.2 Å². The minimum atomic E-state index is -0.985. The molecule has 0 fully saturated rings. The molecule has 0 unspecified atom stereocenters. The van der Waals surface area contributed by atoms with E-state index >= 15 is 0 Å². The summed E-state index contributed by atoms with van der Waals surface area (Å²) < 4.78 is 5.60. The summed E-state index contributed by atoms with van der Waals surface area (Å²) in [6.45, 7) is 0.480. The van der Waals surface area contributed by atoms with Crippen LogP contribution in [-0.2, 0) is 6.54 Å². The Hall–Kier alpha value is -2.18. The molecule has 0 amide bonds. The van der Waals surface area contributed by atoms with Crippen LogP contribution in [0.3, 0.4) is 0 Å². The van der Waals surface area contributed by atoms with Gasteiger partial charge in [0.25, 0.3) is 0 Å². The van der Waals surface area contributed by atoms with Crippen molar-refractivity contribution >= 4 is 28.4 Å². The molecular weight excluding hydrogens is 264 g/mol. The van der Waals surface area contributed by atoms with Crippen LogP contribution in [0.5, 0.6) is 0 Å². The summed E-state index contributed by atoms with van der Waals surface area (Å²) >= 11 is 1.51. The van der Waals surface area contributed by atoms with Crippen LogP contribution in [0, 0.1) is 0 Å². The Bertz CT molecular complexity index is 760. The van der Waals surface area contributed by atoms with Gasteiger partial charge in [-0.05, 0) is 30.3 Å². The van der Waals surface area contributed by atoms with Gasteiger partial charge in [-0.1, -0.05) is 0 Å². The number of nitrogens with zero attached hydrogens (tertiary/aromatic N) is 1. The molecule has 2 aromatic heterocycles. The highest BCUT2D eigenvalue weighted by Gasteiger charge is 2.12. The van der Waals surface area contributed by atoms with Crippen molar-refractivity contribution in [1.82, 2.24) is 4.98 Å². The fraction of sp³-hybridized carbons (Fsp3) is 0.0769. The van der Waals surface area contributed by atoms with E-state index in [4.69, 9.17) is 15.3 Å². The molecule has 5 nitrogen and oxygen atoms in total. The van der Waals surface area contributed by atoms with Crippen molar-refractivity contribution in [1.29, 1.82) is 0 Å². The number of benzene rings is 1. The lowest BCUT2D eigenvalue weighted by atomic mass is 10.2. The minimum absolute atomic E-state index is 0.184. The van der Waals surface area contributed by atoms with Crippen molar-refractivity contribution in [3.8, 4) is 10.8 Å². The average molecular weight is 274 g/mol. The van der Waals surface area contributed by atoms with E-state index < -0.39 is 5.97 Å². The molecule has 1 aromatic carbocycles. The first-order valence-corrected chi connectivity index (χ1v) is 6.42. The predicted octanol–water partition coefficient (Wildman–Crippen LogP) is 2.71. The van der Waals surface area contributed by atoms with Gasteiger partial charge in [0.2, 0.25) is 5.89 Å². The first-order valence-electron chi connectivity index (χ1n) is 5.60. The van der Waals surface area contributed by atoms with E-state index in [0.717, 1.165) is 9.75 Å². The SMILES string of the molecule is NCc1ccc(-c2nc3ccc(C(=O)O)cc3o2)s1. The third kappa shape index (κ3) is 2.11. The van der Waals surface area contributed by atoms with Gasteiger partial charge in [-0.15, -0.1) is 11.3 Å². The Balaban J connectivity index is 2.08. The van der Waals surface area contributed by atoms with Crippen molar-refractivity contribution in [2.24, 2.45) is 5.73 Å². The highest BCUT2D eigenvalue weighted by Crippen LogP contribution is 2.30. The molecule has 0 aliphatic heterocycles. The number of nitrogens with two attached hydrogens (primary N) is 1. The maximum absolute atomic E-state index is 10.9. The number of hydrogen-bond acceptors (Lipinski definition) is 5. The van der Waals surface area contributed by atoms with Gasteiger partial charge in [0.05, 0.1) is 10.4 Å². The Morgan fingerprint density at radius 3 is 2.89 bits per heavy atom. The molecule has 0 aliphatic rings. The number of rotatable bonds is 3. The first-order chi connectivity index (χ1) is 9.17. The molecule has 19 heavy (non-hydrogen) atoms. The van der Waals surface area contributed by atoms with Crippen LogP contribution in [0.25, 0.3) is 21.9 Å². The van der Waals surface area contributed by atoms with E-state index in [1.165, 1.54) is 23.5 Å². The van der Waals surface area contributed by atoms with E-state index in [1.54, 1.807) is 6.07 Å². The van der Waals surface area contributed by atoms with Gasteiger partial charge in [-0.25, -0.2) is 9.78 Å². The van der Waals surface area contributed by atoms with E-state index in [0.29, 0.717) is 23.5 Å². The maximum atomic E-state index is 10.9. The van der Waals surface area contributed by atoms with Crippen LogP contribution in [0.2, 0.25) is 0 Å². The molecule has 0 atom stereocenters. The number of carboxylic acid groups (broad SMARTS) is 1. The number of oxazole rings is 1. The lowest BCUT2D eigenvalue weighted by molar-refractivity contribution is 0.0697. The van der Waals surface area contributed by atoms with Crippen LogP contribution in [0.4, 0.5) is 0 Å². The molecule has 3 N–H and O–H groups in total. The maximum Gasteiger partial charge on any atom is 0.335 e. The monoisotopic (exact) mass is 274 g/mol. The van der Waals surface area contributed by atoms with Crippen molar-refractivity contribution in [3.05, 3.63) is 40.8 Å². The van der Waals surface area contributed by atoms with Gasteiger partial charge >= 0.3 is 5.97 Å². The van der Waals surface area contributed by atoms with Crippen molar-refractivity contribution in [2.45, 2.75) is 6.54 Å². The van der Waals surface area contributed by atoms with Crippen LogP contribution in [-0.4, -0.2) is 16.1 Å². The predicted molar refractivity (Wildman–Crippen MR) is 72.2 cm³/mol. The number of fused-ring (bicyclic) bond motifs is 1. The van der Waals surface area contributed by atoms with Crippen LogP contribution in [0.15, 0.2) is 34.7 Å². The summed E-state index contributed by atoms with van der Waals surface area (Å²) in [5.41, 5.74) is 6.86. The standard InChI is InChI=1S/C13H10N2O3S/c14-6-8-2-4-11(19-8)12-15-9-3-1-7(13(16)17)5-10(9)18-12/h1-5H,6,14H2,(H,16,17). The molecule has 3 rings (SSSR count). The highest BCUT2D eigenvalue weighted by atomic mass is 32.1. The fourth-order valence-electron chi connectivity index (χ4n) is 1.77. The summed E-state index contributed by atoms with van der Waals surface area (Å²) in [5, 5.41) is 8.93. The molecule has 0 radical (unpaired) electrons. The molecule has 0 saturated heterocycles. The second-order valence-electron chi connectivity index (χ2n) is 3.98. The molecule has 6 heteroatoms. The summed E-state index contributed by atoms with van der Waals surface area (Å²) in [6, 6.07) is 8.46. The summed E-state index contributed by atoms with van der Waals surface area (Å²) in [4.78, 5) is 17.2. The van der Waals surface area contributed by atoms with Gasteiger partial charge in [0.1, 0.15) is 5.52 Å². The second-order valence-corrected chi connectivity index (χ2v) is 5.15. The quantitative estimate of drug-likeness (QED) is 0.766. The van der Waals surface area contributed by atoms with Crippen molar-refractivity contribution < 1.29 is 14.3 Å². The Morgan fingerprint density at radius 2 is 2.21 bits per heavy atom. The third-order valence-corrected chi connectivity index (χ3v) is 3.80. The van der Waals surface area contributed by atoms with Crippen LogP contribution >= 0.6 is 11.3 Å². The number of carbonyl (C=O) groups is 1. The Labute approximate surface area is 112 Å². The van der Waals surface area contributed by atoms with Crippen LogP contribution < -0.4 is 5.73 Å². The lowest BCUT2D eigenvalue weighted by Crippen LogP contribution is -1.94. The first kappa shape index (κ1) is 11.9. The molecular formula is C13H10N2O3S. The second kappa shape index (κ2) is 4.49. The van der Waals surface area contributed by atoms with Crippen molar-refractivity contribution in [3.63, 3.8) is 0 Å². The van der Waals surface area contributed by atoms with Gasteiger partial charge in [-0.2, -0.15) is 0 Å². The molecule has 0 bridgehead atoms. The molecule has 0 spiro atoms. The fourth-order valence-corrected chi connectivity index (χ4v) is 2.58. The topological polar surface area (TPSA) is 89.3 Å². The number of hydrogen-bond donors (Lipinski definition) is 2. The summed E-state index contributed by atoms with van der Waals surface area (Å²) in [7, 11) is 0. The third-order valence-electron chi connectivity index (χ3n) is 2.71. The Kier molecular flexibility index (Phi) is 2.81. The lowest BCUT2D eigenvalue weighted by Gasteiger charge is -1.91. The van der Waals surface area contributed by atoms with E-state index in [2.05, 4.69) is 4.98 Å². The van der Waals surface area contributed by atoms with Gasteiger partial charge in [0.15, 0.2) is 5.58 Å². The number of aromatic carboxylic acids is 1. The molecule has 0 saturated carbocycles. The van der Waals surface area contributed by atoms with Crippen molar-refractivity contribution in [2.75, 3.05) is 0 Å². The molecule has 2 heterocycles. The highest BCUT2D eigenvalue weighted by molar-refractivity contribution is 7.15. The normalized spacial score (nSPS) is 11.0. The average Bonchev–Trinajstić information content (AvgIpc) is 3.03. The Morgan fingerprint density at radius 1 is 1.37 bits per heavy atom. The summed E-state index contributed by atoms with van der Waals surface area (Å²) in [5.74, 6) is -0.497. The molecule has 3 aromatic rings. The zero-order valence-corrected chi connectivity index (χ0v) is 10.6. The number of carboxylic acids is 1. The number of thiophene rings is 1. The summed E-state index contributed by atoms with van der Waals surface area (Å²) in [6.07, 6.45) is 0.